The summed E-state index contributed by atoms with van der Waals surface area (Å²) in [7, 11) is 0. The Bertz CT molecular complexity index is 2720. The van der Waals surface area contributed by atoms with Crippen molar-refractivity contribution in [1.29, 1.82) is 0 Å². The molecule has 0 heterocycles. The zero-order valence-corrected chi connectivity index (χ0v) is 46.6. The van der Waals surface area contributed by atoms with E-state index in [0.717, 1.165) is 0 Å². The van der Waals surface area contributed by atoms with Crippen LogP contribution in [0.15, 0.2) is 200 Å². The summed E-state index contributed by atoms with van der Waals surface area (Å²) in [5.41, 5.74) is 28.1. The minimum absolute atomic E-state index is 1.29. The molecule has 0 amide bonds. The van der Waals surface area contributed by atoms with Gasteiger partial charge in [-0.3, -0.25) is 0 Å². The van der Waals surface area contributed by atoms with E-state index in [1.807, 2.05) is 0 Å². The van der Waals surface area contributed by atoms with Gasteiger partial charge in [-0.05, 0) is 173 Å². The number of hydrogen-bond acceptors (Lipinski definition) is 0. The lowest BCUT2D eigenvalue weighted by Gasteiger charge is -2.04. The summed E-state index contributed by atoms with van der Waals surface area (Å²) in [4.78, 5) is 0. The molecular weight excluding hydrogens is 853 g/mol. The fourth-order valence-electron chi connectivity index (χ4n) is 7.48. The Balaban J connectivity index is 0.000000222. The van der Waals surface area contributed by atoms with E-state index in [1.165, 1.54) is 117 Å². The van der Waals surface area contributed by atoms with Crippen molar-refractivity contribution in [3.8, 4) is 22.3 Å². The highest BCUT2D eigenvalue weighted by atomic mass is 14.0. The van der Waals surface area contributed by atoms with Crippen LogP contribution in [0.4, 0.5) is 0 Å². The van der Waals surface area contributed by atoms with Crippen LogP contribution >= 0.6 is 0 Å². The minimum Gasteiger partial charge on any atom is -0.0620 e. The maximum Gasteiger partial charge on any atom is -0.0181 e. The van der Waals surface area contributed by atoms with Gasteiger partial charge in [-0.2, -0.15) is 0 Å². The summed E-state index contributed by atoms with van der Waals surface area (Å²) in [5.74, 6) is 0. The third-order valence-electron chi connectivity index (χ3n) is 12.1. The van der Waals surface area contributed by atoms with Gasteiger partial charge in [0.15, 0.2) is 0 Å². The Hall–Kier alpha value is -7.02. The van der Waals surface area contributed by atoms with E-state index in [4.69, 9.17) is 0 Å². The van der Waals surface area contributed by atoms with Crippen LogP contribution in [-0.4, -0.2) is 0 Å². The van der Waals surface area contributed by atoms with E-state index in [9.17, 15) is 0 Å². The largest absolute Gasteiger partial charge is 0.0620 e. The summed E-state index contributed by atoms with van der Waals surface area (Å²) in [6, 6.07) is 70.8. The van der Waals surface area contributed by atoms with E-state index >= 15 is 0 Å². The van der Waals surface area contributed by atoms with Crippen molar-refractivity contribution in [2.75, 3.05) is 0 Å². The van der Waals surface area contributed by atoms with E-state index < -0.39 is 0 Å². The fraction of sp³-hybridized carbons (Fsp3) is 0.239. The summed E-state index contributed by atoms with van der Waals surface area (Å²) >= 11 is 0. The summed E-state index contributed by atoms with van der Waals surface area (Å²) < 4.78 is 0. The molecule has 0 radical (unpaired) electrons. The molecule has 9 aromatic rings. The van der Waals surface area contributed by atoms with Crippen LogP contribution in [0.25, 0.3) is 22.3 Å². The predicted octanol–water partition coefficient (Wildman–Crippen LogP) is 20.4. The van der Waals surface area contributed by atoms with Crippen molar-refractivity contribution >= 4 is 0 Å². The molecule has 0 fully saturated rings. The lowest BCUT2D eigenvalue weighted by atomic mass is 10.0. The van der Waals surface area contributed by atoms with Gasteiger partial charge in [0.1, 0.15) is 0 Å². The number of aryl methyl sites for hydroxylation is 17. The monoisotopic (exact) mass is 937 g/mol. The first kappa shape index (κ1) is 58.3. The zero-order chi connectivity index (χ0) is 52.5. The molecule has 0 saturated heterocycles. The molecule has 0 aliphatic heterocycles. The van der Waals surface area contributed by atoms with Crippen molar-refractivity contribution in [3.63, 3.8) is 0 Å². The highest BCUT2D eigenvalue weighted by molar-refractivity contribution is 5.65. The Kier molecular flexibility index (Phi) is 25.1. The molecule has 0 aliphatic rings. The molecule has 9 aromatic carbocycles. The average molecular weight is 937 g/mol. The first-order valence-corrected chi connectivity index (χ1v) is 25.1. The van der Waals surface area contributed by atoms with Crippen LogP contribution < -0.4 is 0 Å². The standard InChI is InChI=1S/2C14H14.C10H14.C9H12.3C8H10/c1-11-3-7-13(8-4-11)14-9-5-12(2)6-10-14;1-11-6-8-13(9-7-11)14-5-3-4-12(2)10-14;1-7-5-9(3)10(4)6-8(7)2;1-7-4-8(2)6-9(3)5-7;1-7-3-5-8(2)6-4-7;1-7-4-3-5-8(2)6-7;1-7-5-3-4-6-8(7)2/h2*3-10H,1-2H3;5-6H,1-4H3;4-6H,1-3H3;3*3-6H,1-2H3. The summed E-state index contributed by atoms with van der Waals surface area (Å²) in [6.45, 7) is 36.1. The van der Waals surface area contributed by atoms with E-state index in [0.29, 0.717) is 0 Å². The van der Waals surface area contributed by atoms with E-state index in [2.05, 4.69) is 318 Å². The van der Waals surface area contributed by atoms with Gasteiger partial charge >= 0.3 is 0 Å². The third kappa shape index (κ3) is 23.4. The Labute approximate surface area is 432 Å². The Morgan fingerprint density at radius 1 is 0.141 bits per heavy atom. The number of rotatable bonds is 2. The Morgan fingerprint density at radius 3 is 0.634 bits per heavy atom. The molecule has 9 rings (SSSR count). The van der Waals surface area contributed by atoms with Crippen molar-refractivity contribution in [3.05, 3.63) is 295 Å². The second-order valence-corrected chi connectivity index (χ2v) is 19.6. The van der Waals surface area contributed by atoms with Crippen LogP contribution in [0.3, 0.4) is 0 Å². The SMILES string of the molecule is Cc1cc(C)c(C)cc1C.Cc1cc(C)cc(C)c1.Cc1ccc(-c2ccc(C)cc2)cc1.Cc1ccc(-c2cccc(C)c2)cc1.Cc1ccc(C)cc1.Cc1cccc(C)c1.Cc1ccccc1C. The molecule has 71 heavy (non-hydrogen) atoms. The predicted molar refractivity (Wildman–Crippen MR) is 316 cm³/mol. The first-order valence-electron chi connectivity index (χ1n) is 25.1. The van der Waals surface area contributed by atoms with Crippen LogP contribution in [0, 0.1) is 118 Å². The molecule has 0 heteroatoms. The molecule has 0 spiro atoms. The normalized spacial score (nSPS) is 9.76. The van der Waals surface area contributed by atoms with Crippen molar-refractivity contribution in [2.24, 2.45) is 0 Å². The molecule has 368 valence electrons. The second kappa shape index (κ2) is 30.6. The van der Waals surface area contributed by atoms with Gasteiger partial charge in [-0.15, -0.1) is 0 Å². The molecule has 0 saturated carbocycles. The fourth-order valence-corrected chi connectivity index (χ4v) is 7.48. The molecular formula is C71H84. The summed E-state index contributed by atoms with van der Waals surface area (Å²) in [5, 5.41) is 0. The maximum atomic E-state index is 2.24. The van der Waals surface area contributed by atoms with Crippen molar-refractivity contribution in [1.82, 2.24) is 0 Å². The molecule has 0 aliphatic carbocycles. The van der Waals surface area contributed by atoms with Crippen molar-refractivity contribution < 1.29 is 0 Å². The van der Waals surface area contributed by atoms with Gasteiger partial charge < -0.3 is 0 Å². The second-order valence-electron chi connectivity index (χ2n) is 19.6. The third-order valence-corrected chi connectivity index (χ3v) is 12.1. The highest BCUT2D eigenvalue weighted by Crippen LogP contribution is 2.21. The lowest BCUT2D eigenvalue weighted by molar-refractivity contribution is 1.24. The Morgan fingerprint density at radius 2 is 0.380 bits per heavy atom. The van der Waals surface area contributed by atoms with Gasteiger partial charge in [0, 0.05) is 0 Å². The summed E-state index contributed by atoms with van der Waals surface area (Å²) in [6.07, 6.45) is 0. The van der Waals surface area contributed by atoms with Crippen LogP contribution in [-0.2, 0) is 0 Å². The zero-order valence-electron chi connectivity index (χ0n) is 46.6. The molecule has 0 N–H and O–H groups in total. The minimum atomic E-state index is 1.29. The lowest BCUT2D eigenvalue weighted by Crippen LogP contribution is -1.86. The first-order chi connectivity index (χ1) is 33.7. The molecule has 0 nitrogen and oxygen atoms in total. The van der Waals surface area contributed by atoms with E-state index in [1.54, 1.807) is 0 Å². The molecule has 0 atom stereocenters. The van der Waals surface area contributed by atoms with Crippen LogP contribution in [0.1, 0.15) is 94.6 Å². The number of hydrogen-bond donors (Lipinski definition) is 0. The van der Waals surface area contributed by atoms with Gasteiger partial charge in [-0.25, -0.2) is 0 Å². The van der Waals surface area contributed by atoms with Gasteiger partial charge in [0.25, 0.3) is 0 Å². The van der Waals surface area contributed by atoms with Gasteiger partial charge in [-0.1, -0.05) is 261 Å². The van der Waals surface area contributed by atoms with Gasteiger partial charge in [0.05, 0.1) is 0 Å². The molecule has 0 aromatic heterocycles. The molecule has 0 unspecified atom stereocenters. The molecule has 0 bridgehead atoms. The number of benzene rings is 9. The smallest absolute Gasteiger partial charge is 0.0181 e. The topological polar surface area (TPSA) is 0 Å². The quantitative estimate of drug-likeness (QED) is 0.162. The maximum absolute atomic E-state index is 2.24. The van der Waals surface area contributed by atoms with Gasteiger partial charge in [0.2, 0.25) is 0 Å². The van der Waals surface area contributed by atoms with Crippen LogP contribution in [0.2, 0.25) is 0 Å². The van der Waals surface area contributed by atoms with Crippen LogP contribution in [0.5, 0.6) is 0 Å². The van der Waals surface area contributed by atoms with E-state index in [-0.39, 0.29) is 0 Å². The van der Waals surface area contributed by atoms with Crippen molar-refractivity contribution in [2.45, 2.75) is 118 Å². The highest BCUT2D eigenvalue weighted by Gasteiger charge is 1.98. The average Bonchev–Trinajstić information content (AvgIpc) is 3.32.